The van der Waals surface area contributed by atoms with E-state index in [-0.39, 0.29) is 0 Å². The first-order valence-corrected chi connectivity index (χ1v) is 17.1. The van der Waals surface area contributed by atoms with Crippen molar-refractivity contribution in [1.29, 1.82) is 0 Å². The van der Waals surface area contributed by atoms with Crippen LogP contribution in [-0.4, -0.2) is 28.7 Å². The Hall–Kier alpha value is -5.91. The molecule has 0 aliphatic carbocycles. The van der Waals surface area contributed by atoms with E-state index in [2.05, 4.69) is 153 Å². The Kier molecular flexibility index (Phi) is 7.14. The molecule has 0 atom stereocenters. The van der Waals surface area contributed by atoms with Crippen molar-refractivity contribution in [1.82, 2.24) is 28.7 Å². The number of hydrogen-bond acceptors (Lipinski definition) is 4. The third-order valence-electron chi connectivity index (χ3n) is 8.81. The van der Waals surface area contributed by atoms with Crippen molar-refractivity contribution in [2.75, 3.05) is 0 Å². The summed E-state index contributed by atoms with van der Waals surface area (Å²) in [4.78, 5) is 13.8. The molecule has 4 aromatic heterocycles. The number of benzene rings is 5. The maximum absolute atomic E-state index is 6.61. The summed E-state index contributed by atoms with van der Waals surface area (Å²) in [6, 6.07) is 45.8. The predicted molar refractivity (Wildman–Crippen MR) is 190 cm³/mol. The minimum Gasteiger partial charge on any atom is -0.237 e. The van der Waals surface area contributed by atoms with Crippen LogP contribution in [0.3, 0.4) is 0 Å². The SMILES string of the molecule is Cc1cc(-n2c3ccccc3c3ccc(Oc4cccc(-n5[c](=[Pt])n(-c6ccccc6)c6ccccc65)c4)cc32)ncc1-c1ncccn1. The zero-order valence-electron chi connectivity index (χ0n) is 26.3. The quantitative estimate of drug-likeness (QED) is 0.168. The van der Waals surface area contributed by atoms with Crippen molar-refractivity contribution in [2.24, 2.45) is 0 Å². The summed E-state index contributed by atoms with van der Waals surface area (Å²) in [5.41, 5.74) is 8.44. The smallest absolute Gasteiger partial charge is 0.237 e. The summed E-state index contributed by atoms with van der Waals surface area (Å²) in [6.07, 6.45) is 5.37. The van der Waals surface area contributed by atoms with Crippen molar-refractivity contribution in [3.63, 3.8) is 0 Å². The number of para-hydroxylation sites is 4. The molecule has 9 aromatic rings. The Bertz CT molecular complexity index is 2730. The fourth-order valence-corrected chi connectivity index (χ4v) is 7.73. The number of nitrogens with zero attached hydrogens (tertiary/aromatic N) is 6. The van der Waals surface area contributed by atoms with Gasteiger partial charge < -0.3 is 0 Å². The van der Waals surface area contributed by atoms with Gasteiger partial charge in [-0.25, -0.2) is 9.97 Å². The van der Waals surface area contributed by atoms with Gasteiger partial charge in [0.2, 0.25) is 0 Å². The molecule has 0 amide bonds. The number of rotatable bonds is 6. The molecule has 0 saturated carbocycles. The van der Waals surface area contributed by atoms with Gasteiger partial charge in [-0.2, -0.15) is 0 Å². The molecule has 9 rings (SSSR count). The molecule has 0 aliphatic rings. The Labute approximate surface area is 292 Å². The molecule has 0 aliphatic heterocycles. The van der Waals surface area contributed by atoms with Gasteiger partial charge in [0.05, 0.1) is 0 Å². The first-order valence-electron chi connectivity index (χ1n) is 15.9. The van der Waals surface area contributed by atoms with E-state index < -0.39 is 0 Å². The van der Waals surface area contributed by atoms with Crippen LogP contribution >= 0.6 is 0 Å². The molecule has 7 nitrogen and oxygen atoms in total. The fourth-order valence-electron chi connectivity index (χ4n) is 6.60. The van der Waals surface area contributed by atoms with E-state index >= 15 is 0 Å². The van der Waals surface area contributed by atoms with E-state index in [0.29, 0.717) is 5.82 Å². The summed E-state index contributed by atoms with van der Waals surface area (Å²) in [5.74, 6) is 2.98. The summed E-state index contributed by atoms with van der Waals surface area (Å²) in [7, 11) is 0. The van der Waals surface area contributed by atoms with Crippen LogP contribution in [0.1, 0.15) is 5.56 Å². The van der Waals surface area contributed by atoms with Crippen LogP contribution in [0.4, 0.5) is 0 Å². The van der Waals surface area contributed by atoms with Crippen molar-refractivity contribution < 1.29 is 24.1 Å². The number of ether oxygens (including phenoxy) is 1. The molecule has 49 heavy (non-hydrogen) atoms. The third-order valence-corrected chi connectivity index (χ3v) is 9.82. The second-order valence-electron chi connectivity index (χ2n) is 11.8. The van der Waals surface area contributed by atoms with Crippen LogP contribution in [0.5, 0.6) is 11.5 Å². The molecule has 0 N–H and O–H groups in total. The average molecular weight is 816 g/mol. The van der Waals surface area contributed by atoms with Crippen molar-refractivity contribution >= 4 is 32.8 Å². The standard InChI is InChI=1S/C41H28N6O.Pt/c1-28-23-40(44-26-35(28)41-42-21-10-22-43-41)47-36-16-6-5-15-33(36)34-20-19-32(25-39(34)47)48-31-14-9-13-30(24-31)46-27-45(29-11-3-2-4-12-29)37-17-7-8-18-38(37)46;/h2-26H,1H3;. The number of aryl methyl sites for hydroxylation is 1. The van der Waals surface area contributed by atoms with E-state index in [1.165, 1.54) is 0 Å². The molecule has 0 fully saturated rings. The normalized spacial score (nSPS) is 11.5. The van der Waals surface area contributed by atoms with Crippen molar-refractivity contribution in [2.45, 2.75) is 6.92 Å². The summed E-state index contributed by atoms with van der Waals surface area (Å²) in [5, 5.41) is 2.28. The summed E-state index contributed by atoms with van der Waals surface area (Å²) >= 11 is 2.42. The fraction of sp³-hybridized carbons (Fsp3) is 0.0244. The van der Waals surface area contributed by atoms with E-state index in [9.17, 15) is 0 Å². The van der Waals surface area contributed by atoms with E-state index in [1.54, 1.807) is 12.4 Å². The molecule has 0 spiro atoms. The second-order valence-corrected chi connectivity index (χ2v) is 12.8. The minimum absolute atomic E-state index is 0.664. The van der Waals surface area contributed by atoms with Crippen LogP contribution in [0, 0.1) is 10.7 Å². The molecule has 238 valence electrons. The molecule has 0 bridgehead atoms. The van der Waals surface area contributed by atoms with Crippen molar-refractivity contribution in [3.8, 4) is 40.1 Å². The van der Waals surface area contributed by atoms with Crippen LogP contribution in [0.2, 0.25) is 0 Å². The molecule has 0 saturated heterocycles. The van der Waals surface area contributed by atoms with Gasteiger partial charge in [0.25, 0.3) is 0 Å². The Balaban J connectivity index is 1.13. The van der Waals surface area contributed by atoms with Gasteiger partial charge in [-0.1, -0.05) is 12.1 Å². The first kappa shape index (κ1) is 29.2. The van der Waals surface area contributed by atoms with Gasteiger partial charge in [-0.15, -0.1) is 0 Å². The van der Waals surface area contributed by atoms with Crippen LogP contribution < -0.4 is 4.74 Å². The maximum atomic E-state index is 6.61. The van der Waals surface area contributed by atoms with Gasteiger partial charge in [0.15, 0.2) is 5.82 Å². The summed E-state index contributed by atoms with van der Waals surface area (Å²) < 4.78 is 14.4. The van der Waals surface area contributed by atoms with E-state index in [0.717, 1.165) is 76.5 Å². The van der Waals surface area contributed by atoms with Gasteiger partial charge in [0.1, 0.15) is 0 Å². The minimum atomic E-state index is 0.664. The molecule has 5 aromatic carbocycles. The van der Waals surface area contributed by atoms with Gasteiger partial charge in [0, 0.05) is 24.2 Å². The number of hydrogen-bond donors (Lipinski definition) is 0. The molecule has 8 heteroatoms. The third kappa shape index (κ3) is 5.02. The second kappa shape index (κ2) is 12.0. The predicted octanol–water partition coefficient (Wildman–Crippen LogP) is 9.55. The molecule has 4 heterocycles. The van der Waals surface area contributed by atoms with Gasteiger partial charge >= 0.3 is 223 Å². The number of imidazole rings is 1. The average Bonchev–Trinajstić information content (AvgIpc) is 3.63. The van der Waals surface area contributed by atoms with Crippen LogP contribution in [0.15, 0.2) is 152 Å². The topological polar surface area (TPSA) is 62.7 Å². The molecule has 0 radical (unpaired) electrons. The first-order chi connectivity index (χ1) is 24.1. The molecular formula is C41H28N6OPt. The van der Waals surface area contributed by atoms with Crippen LogP contribution in [0.25, 0.3) is 61.4 Å². The van der Waals surface area contributed by atoms with E-state index in [1.807, 2.05) is 36.5 Å². The number of pyridine rings is 1. The van der Waals surface area contributed by atoms with Gasteiger partial charge in [-0.3, -0.25) is 0 Å². The molecular weight excluding hydrogens is 788 g/mol. The van der Waals surface area contributed by atoms with Gasteiger partial charge in [-0.05, 0) is 18.6 Å². The summed E-state index contributed by atoms with van der Waals surface area (Å²) in [6.45, 7) is 2.07. The number of aromatic nitrogens is 6. The monoisotopic (exact) mass is 815 g/mol. The van der Waals surface area contributed by atoms with Crippen LogP contribution in [-0.2, 0) is 19.4 Å². The zero-order chi connectivity index (χ0) is 32.9. The number of fused-ring (bicyclic) bond motifs is 4. The Morgan fingerprint density at radius 3 is 1.96 bits per heavy atom. The van der Waals surface area contributed by atoms with Crippen molar-refractivity contribution in [3.05, 3.63) is 161 Å². The zero-order valence-corrected chi connectivity index (χ0v) is 28.6. The molecule has 0 unspecified atom stereocenters. The Morgan fingerprint density at radius 1 is 0.531 bits per heavy atom. The van der Waals surface area contributed by atoms with E-state index in [4.69, 9.17) is 9.72 Å². The Morgan fingerprint density at radius 2 is 1.18 bits per heavy atom.